The van der Waals surface area contributed by atoms with Gasteiger partial charge in [0, 0.05) is 16.6 Å². The molecule has 6 nitrogen and oxygen atoms in total. The van der Waals surface area contributed by atoms with Crippen LogP contribution in [0.1, 0.15) is 15.4 Å². The van der Waals surface area contributed by atoms with Gasteiger partial charge in [-0.1, -0.05) is 41.6 Å². The standard InChI is InChI=1S/C19H14N4O2S/c24-18(15-8-4-5-11-20-15)21-12-14-9-10-16(26-14)19-22-17(23-25-19)13-6-2-1-3-7-13/h1-11H,12H2,(H,21,24). The van der Waals surface area contributed by atoms with Crippen molar-refractivity contribution in [2.24, 2.45) is 0 Å². The number of pyridine rings is 1. The molecule has 0 aliphatic carbocycles. The largest absolute Gasteiger partial charge is 0.346 e. The van der Waals surface area contributed by atoms with Crippen molar-refractivity contribution in [2.75, 3.05) is 0 Å². The summed E-state index contributed by atoms with van der Waals surface area (Å²) in [4.78, 5) is 22.4. The van der Waals surface area contributed by atoms with E-state index >= 15 is 0 Å². The first-order chi connectivity index (χ1) is 12.8. The molecule has 1 N–H and O–H groups in total. The van der Waals surface area contributed by atoms with Crippen LogP contribution in [0.5, 0.6) is 0 Å². The highest BCUT2D eigenvalue weighted by atomic mass is 32.1. The molecule has 3 aromatic heterocycles. The maximum Gasteiger partial charge on any atom is 0.270 e. The number of nitrogens with zero attached hydrogens (tertiary/aromatic N) is 3. The SMILES string of the molecule is O=C(NCc1ccc(-c2nc(-c3ccccc3)no2)s1)c1ccccn1. The lowest BCUT2D eigenvalue weighted by Crippen LogP contribution is -2.23. The van der Waals surface area contributed by atoms with Gasteiger partial charge in [0.2, 0.25) is 5.82 Å². The van der Waals surface area contributed by atoms with E-state index in [2.05, 4.69) is 20.4 Å². The van der Waals surface area contributed by atoms with Crippen LogP contribution >= 0.6 is 11.3 Å². The van der Waals surface area contributed by atoms with Crippen molar-refractivity contribution in [3.05, 3.63) is 77.4 Å². The van der Waals surface area contributed by atoms with Crippen molar-refractivity contribution < 1.29 is 9.32 Å². The topological polar surface area (TPSA) is 80.9 Å². The lowest BCUT2D eigenvalue weighted by molar-refractivity contribution is 0.0946. The summed E-state index contributed by atoms with van der Waals surface area (Å²) in [6.07, 6.45) is 1.60. The quantitative estimate of drug-likeness (QED) is 0.584. The normalized spacial score (nSPS) is 10.6. The van der Waals surface area contributed by atoms with E-state index in [4.69, 9.17) is 4.52 Å². The van der Waals surface area contributed by atoms with E-state index in [-0.39, 0.29) is 5.91 Å². The molecule has 0 atom stereocenters. The Morgan fingerprint density at radius 2 is 1.88 bits per heavy atom. The molecule has 0 spiro atoms. The van der Waals surface area contributed by atoms with E-state index in [0.29, 0.717) is 24.0 Å². The molecule has 1 amide bonds. The summed E-state index contributed by atoms with van der Waals surface area (Å²) in [5.74, 6) is 0.819. The van der Waals surface area contributed by atoms with Crippen LogP contribution in [0.15, 0.2) is 71.4 Å². The molecule has 0 saturated heterocycles. The zero-order chi connectivity index (χ0) is 17.8. The van der Waals surface area contributed by atoms with Crippen molar-refractivity contribution in [3.63, 3.8) is 0 Å². The molecule has 4 aromatic rings. The summed E-state index contributed by atoms with van der Waals surface area (Å²) >= 11 is 1.50. The van der Waals surface area contributed by atoms with Crippen LogP contribution < -0.4 is 5.32 Å². The molecule has 26 heavy (non-hydrogen) atoms. The number of thiophene rings is 1. The number of benzene rings is 1. The molecule has 4 rings (SSSR count). The zero-order valence-electron chi connectivity index (χ0n) is 13.6. The summed E-state index contributed by atoms with van der Waals surface area (Å²) in [5, 5.41) is 6.88. The second-order valence-electron chi connectivity index (χ2n) is 5.45. The Labute approximate surface area is 153 Å². The minimum Gasteiger partial charge on any atom is -0.346 e. The Morgan fingerprint density at radius 1 is 1.04 bits per heavy atom. The van der Waals surface area contributed by atoms with Crippen LogP contribution in [0.4, 0.5) is 0 Å². The highest BCUT2D eigenvalue weighted by molar-refractivity contribution is 7.15. The fraction of sp³-hybridized carbons (Fsp3) is 0.0526. The van der Waals surface area contributed by atoms with Gasteiger partial charge in [-0.3, -0.25) is 9.78 Å². The fourth-order valence-corrected chi connectivity index (χ4v) is 3.24. The van der Waals surface area contributed by atoms with E-state index in [9.17, 15) is 4.79 Å². The van der Waals surface area contributed by atoms with Gasteiger partial charge in [0.1, 0.15) is 5.69 Å². The van der Waals surface area contributed by atoms with Crippen LogP contribution in [-0.2, 0) is 6.54 Å². The Balaban J connectivity index is 1.44. The van der Waals surface area contributed by atoms with Crippen LogP contribution in [0.3, 0.4) is 0 Å². The van der Waals surface area contributed by atoms with Crippen LogP contribution in [0.2, 0.25) is 0 Å². The van der Waals surface area contributed by atoms with E-state index in [1.165, 1.54) is 11.3 Å². The summed E-state index contributed by atoms with van der Waals surface area (Å²) < 4.78 is 5.37. The molecule has 0 radical (unpaired) electrons. The summed E-state index contributed by atoms with van der Waals surface area (Å²) in [7, 11) is 0. The number of nitrogens with one attached hydrogen (secondary N) is 1. The van der Waals surface area contributed by atoms with Gasteiger partial charge >= 0.3 is 0 Å². The number of hydrogen-bond acceptors (Lipinski definition) is 6. The molecule has 128 valence electrons. The highest BCUT2D eigenvalue weighted by Crippen LogP contribution is 2.28. The second-order valence-corrected chi connectivity index (χ2v) is 6.62. The average molecular weight is 362 g/mol. The summed E-state index contributed by atoms with van der Waals surface area (Å²) in [6, 6.07) is 18.7. The van der Waals surface area contributed by atoms with Crippen molar-refractivity contribution in [3.8, 4) is 22.2 Å². The molecule has 0 unspecified atom stereocenters. The predicted molar refractivity (Wildman–Crippen MR) is 98.5 cm³/mol. The third-order valence-corrected chi connectivity index (χ3v) is 4.72. The predicted octanol–water partition coefficient (Wildman–Crippen LogP) is 3.79. The molecule has 1 aromatic carbocycles. The Bertz CT molecular complexity index is 1010. The average Bonchev–Trinajstić information content (AvgIpc) is 3.37. The zero-order valence-corrected chi connectivity index (χ0v) is 14.4. The van der Waals surface area contributed by atoms with E-state index in [1.807, 2.05) is 42.5 Å². The molecule has 0 aliphatic rings. The third kappa shape index (κ3) is 3.52. The Kier molecular flexibility index (Phi) is 4.53. The van der Waals surface area contributed by atoms with E-state index < -0.39 is 0 Å². The minimum atomic E-state index is -0.204. The van der Waals surface area contributed by atoms with E-state index in [0.717, 1.165) is 15.3 Å². The molecule has 3 heterocycles. The molecule has 7 heteroatoms. The summed E-state index contributed by atoms with van der Waals surface area (Å²) in [6.45, 7) is 0.416. The number of hydrogen-bond donors (Lipinski definition) is 1. The second kappa shape index (κ2) is 7.28. The Hall–Kier alpha value is -3.32. The number of carbonyl (C=O) groups is 1. The van der Waals surface area contributed by atoms with Gasteiger partial charge in [-0.05, 0) is 24.3 Å². The number of carbonyl (C=O) groups excluding carboxylic acids is 1. The van der Waals surface area contributed by atoms with Gasteiger partial charge in [-0.2, -0.15) is 4.98 Å². The lowest BCUT2D eigenvalue weighted by Gasteiger charge is -2.02. The molecule has 0 saturated carbocycles. The van der Waals surface area contributed by atoms with Gasteiger partial charge in [0.15, 0.2) is 0 Å². The maximum atomic E-state index is 12.0. The van der Waals surface area contributed by atoms with Crippen molar-refractivity contribution >= 4 is 17.2 Å². The van der Waals surface area contributed by atoms with Crippen LogP contribution in [-0.4, -0.2) is 21.0 Å². The monoisotopic (exact) mass is 362 g/mol. The first kappa shape index (κ1) is 16.2. The third-order valence-electron chi connectivity index (χ3n) is 3.65. The van der Waals surface area contributed by atoms with Crippen molar-refractivity contribution in [1.29, 1.82) is 0 Å². The van der Waals surface area contributed by atoms with Crippen LogP contribution in [0.25, 0.3) is 22.2 Å². The van der Waals surface area contributed by atoms with Gasteiger partial charge in [-0.15, -0.1) is 11.3 Å². The number of amides is 1. The lowest BCUT2D eigenvalue weighted by atomic mass is 10.2. The van der Waals surface area contributed by atoms with Gasteiger partial charge < -0.3 is 9.84 Å². The number of rotatable bonds is 5. The van der Waals surface area contributed by atoms with Gasteiger partial charge in [0.25, 0.3) is 11.8 Å². The summed E-state index contributed by atoms with van der Waals surface area (Å²) in [5.41, 5.74) is 1.30. The van der Waals surface area contributed by atoms with Crippen molar-refractivity contribution in [1.82, 2.24) is 20.4 Å². The number of aromatic nitrogens is 3. The van der Waals surface area contributed by atoms with Gasteiger partial charge in [-0.25, -0.2) is 0 Å². The smallest absolute Gasteiger partial charge is 0.270 e. The molecular weight excluding hydrogens is 348 g/mol. The molecule has 0 fully saturated rings. The van der Waals surface area contributed by atoms with E-state index in [1.54, 1.807) is 24.4 Å². The molecule has 0 bridgehead atoms. The molecular formula is C19H14N4O2S. The maximum absolute atomic E-state index is 12.0. The van der Waals surface area contributed by atoms with Gasteiger partial charge in [0.05, 0.1) is 11.4 Å². The fourth-order valence-electron chi connectivity index (χ4n) is 2.37. The first-order valence-electron chi connectivity index (χ1n) is 7.97. The van der Waals surface area contributed by atoms with Crippen molar-refractivity contribution in [2.45, 2.75) is 6.54 Å². The molecule has 0 aliphatic heterocycles. The van der Waals surface area contributed by atoms with Crippen LogP contribution in [0, 0.1) is 0 Å². The highest BCUT2D eigenvalue weighted by Gasteiger charge is 2.13. The minimum absolute atomic E-state index is 0.204. The first-order valence-corrected chi connectivity index (χ1v) is 8.79. The Morgan fingerprint density at radius 3 is 2.69 bits per heavy atom.